The highest BCUT2D eigenvalue weighted by Crippen LogP contribution is 2.16. The maximum Gasteiger partial charge on any atom is 0.490 e. The van der Waals surface area contributed by atoms with E-state index in [0.29, 0.717) is 16.9 Å². The van der Waals surface area contributed by atoms with Crippen molar-refractivity contribution in [2.45, 2.75) is 12.8 Å². The maximum absolute atomic E-state index is 12.2. The zero-order valence-corrected chi connectivity index (χ0v) is 15.7. The fourth-order valence-corrected chi connectivity index (χ4v) is 1.88. The van der Waals surface area contributed by atoms with E-state index in [-0.39, 0.29) is 18.5 Å². The van der Waals surface area contributed by atoms with Crippen molar-refractivity contribution in [3.05, 3.63) is 59.7 Å². The third kappa shape index (κ3) is 9.65. The van der Waals surface area contributed by atoms with Crippen molar-refractivity contribution in [1.82, 2.24) is 0 Å². The van der Waals surface area contributed by atoms with Crippen molar-refractivity contribution in [3.63, 3.8) is 0 Å². The summed E-state index contributed by atoms with van der Waals surface area (Å²) in [6.07, 6.45) is -5.92. The van der Waals surface area contributed by atoms with E-state index >= 15 is 0 Å². The summed E-state index contributed by atoms with van der Waals surface area (Å²) in [5.41, 5.74) is 17.9. The minimum absolute atomic E-state index is 0.0485. The van der Waals surface area contributed by atoms with Crippen LogP contribution >= 0.6 is 0 Å². The summed E-state index contributed by atoms with van der Waals surface area (Å²) in [7, 11) is 0. The number of alkyl halides is 3. The number of halogens is 3. The minimum atomic E-state index is -5.08. The normalized spacial score (nSPS) is 10.2. The number of aliphatic carboxylic acids is 1. The highest BCUT2D eigenvalue weighted by Gasteiger charge is 2.38. The topological polar surface area (TPSA) is 183 Å². The van der Waals surface area contributed by atoms with Crippen LogP contribution in [0.4, 0.5) is 29.3 Å². The van der Waals surface area contributed by atoms with Gasteiger partial charge in [-0.15, -0.1) is 0 Å². The predicted octanol–water partition coefficient (Wildman–Crippen LogP) is 2.07. The number of hydrogen-bond donors (Lipinski definition) is 5. The van der Waals surface area contributed by atoms with E-state index in [1.807, 2.05) is 0 Å². The van der Waals surface area contributed by atoms with Crippen LogP contribution in [0.3, 0.4) is 0 Å². The Labute approximate surface area is 173 Å². The number of nitrogens with one attached hydrogen (secondary N) is 1. The molecule has 31 heavy (non-hydrogen) atoms. The molecule has 0 radical (unpaired) electrons. The number of benzene rings is 2. The Balaban J connectivity index is 0.000000592. The van der Waals surface area contributed by atoms with Crippen molar-refractivity contribution < 1.29 is 37.4 Å². The fraction of sp³-hybridized carbons (Fsp3) is 0.111. The highest BCUT2D eigenvalue weighted by molar-refractivity contribution is 6.04. The van der Waals surface area contributed by atoms with E-state index in [9.17, 15) is 22.8 Å². The van der Waals surface area contributed by atoms with Gasteiger partial charge in [0.05, 0.1) is 5.69 Å². The molecule has 166 valence electrons. The number of anilines is 1. The number of carbonyl (C=O) groups is 3. The Bertz CT molecular complexity index is 941. The molecule has 2 amide bonds. The summed E-state index contributed by atoms with van der Waals surface area (Å²) in [5, 5.41) is 9.88. The van der Waals surface area contributed by atoms with Gasteiger partial charge in [0, 0.05) is 11.3 Å². The maximum atomic E-state index is 12.2. The second-order valence-electron chi connectivity index (χ2n) is 5.65. The lowest BCUT2D eigenvalue weighted by Gasteiger charge is -2.07. The predicted molar refractivity (Wildman–Crippen MR) is 104 cm³/mol. The van der Waals surface area contributed by atoms with Crippen LogP contribution in [0.5, 0.6) is 0 Å². The number of primary amides is 1. The molecule has 0 aliphatic carbocycles. The van der Waals surface area contributed by atoms with Gasteiger partial charge in [-0.1, -0.05) is 12.1 Å². The third-order valence-corrected chi connectivity index (χ3v) is 3.22. The first-order valence-corrected chi connectivity index (χ1v) is 8.21. The molecular weight excluding hydrogens is 423 g/mol. The zero-order chi connectivity index (χ0) is 23.6. The van der Waals surface area contributed by atoms with Gasteiger partial charge < -0.3 is 32.4 Å². The molecule has 0 aliphatic rings. The van der Waals surface area contributed by atoms with Gasteiger partial charge in [-0.3, -0.25) is 4.79 Å². The largest absolute Gasteiger partial charge is 0.490 e. The first kappa shape index (κ1) is 24.7. The average molecular weight is 441 g/mol. The number of nitrogens with two attached hydrogens (primary N) is 3. The van der Waals surface area contributed by atoms with Gasteiger partial charge in [0.15, 0.2) is 5.96 Å². The SMILES string of the molecule is NC(=O)OCc1ccc(NC(=O)c2ccc(N=C(N)N)cc2)cc1.O=C(O)C(F)(F)F. The number of hydrogen-bond acceptors (Lipinski definition) is 5. The van der Waals surface area contributed by atoms with Crippen molar-refractivity contribution in [3.8, 4) is 0 Å². The monoisotopic (exact) mass is 441 g/mol. The number of rotatable bonds is 5. The molecule has 0 saturated heterocycles. The lowest BCUT2D eigenvalue weighted by molar-refractivity contribution is -0.192. The number of amides is 2. The van der Waals surface area contributed by atoms with Crippen LogP contribution < -0.4 is 22.5 Å². The Morgan fingerprint density at radius 3 is 1.90 bits per heavy atom. The van der Waals surface area contributed by atoms with Gasteiger partial charge in [0.1, 0.15) is 6.61 Å². The molecule has 0 unspecified atom stereocenters. The molecule has 2 aromatic carbocycles. The van der Waals surface area contributed by atoms with Crippen molar-refractivity contribution >= 4 is 35.3 Å². The summed E-state index contributed by atoms with van der Waals surface area (Å²) in [6, 6.07) is 13.4. The third-order valence-electron chi connectivity index (χ3n) is 3.22. The van der Waals surface area contributed by atoms with E-state index in [1.54, 1.807) is 48.5 Å². The molecule has 2 aromatic rings. The summed E-state index contributed by atoms with van der Waals surface area (Å²) in [5.74, 6) is -3.08. The lowest BCUT2D eigenvalue weighted by atomic mass is 10.1. The number of ether oxygens (including phenoxy) is 1. The van der Waals surface area contributed by atoms with Gasteiger partial charge in [0.25, 0.3) is 5.91 Å². The molecule has 0 aliphatic heterocycles. The highest BCUT2D eigenvalue weighted by atomic mass is 19.4. The molecule has 8 N–H and O–H groups in total. The van der Waals surface area contributed by atoms with Crippen LogP contribution in [0.2, 0.25) is 0 Å². The van der Waals surface area contributed by atoms with Gasteiger partial charge >= 0.3 is 18.2 Å². The number of guanidine groups is 1. The molecule has 0 heterocycles. The van der Waals surface area contributed by atoms with Gasteiger partial charge in [-0.25, -0.2) is 14.6 Å². The Hall–Kier alpha value is -4.29. The molecule has 0 aromatic heterocycles. The Morgan fingerprint density at radius 2 is 1.48 bits per heavy atom. The second-order valence-corrected chi connectivity index (χ2v) is 5.65. The number of carboxylic acid groups (broad SMARTS) is 1. The van der Waals surface area contributed by atoms with Crippen molar-refractivity contribution in [1.29, 1.82) is 0 Å². The van der Waals surface area contributed by atoms with Gasteiger partial charge in [0.2, 0.25) is 0 Å². The van der Waals surface area contributed by atoms with E-state index < -0.39 is 18.2 Å². The average Bonchev–Trinajstić information content (AvgIpc) is 2.67. The van der Waals surface area contributed by atoms with E-state index in [1.165, 1.54) is 0 Å². The van der Waals surface area contributed by atoms with Crippen LogP contribution in [-0.2, 0) is 16.1 Å². The molecule has 0 fully saturated rings. The first-order valence-electron chi connectivity index (χ1n) is 8.21. The minimum Gasteiger partial charge on any atom is -0.475 e. The molecular formula is C18H18F3N5O5. The smallest absolute Gasteiger partial charge is 0.475 e. The van der Waals surface area contributed by atoms with Crippen LogP contribution in [-0.4, -0.2) is 35.2 Å². The van der Waals surface area contributed by atoms with Crippen LogP contribution in [0.1, 0.15) is 15.9 Å². The molecule has 0 atom stereocenters. The van der Waals surface area contributed by atoms with Crippen LogP contribution in [0, 0.1) is 0 Å². The quantitative estimate of drug-likeness (QED) is 0.347. The second kappa shape index (κ2) is 11.0. The molecule has 10 nitrogen and oxygen atoms in total. The van der Waals surface area contributed by atoms with E-state index in [2.05, 4.69) is 15.0 Å². The molecule has 0 bridgehead atoms. The lowest BCUT2D eigenvalue weighted by Crippen LogP contribution is -2.21. The van der Waals surface area contributed by atoms with Gasteiger partial charge in [-0.05, 0) is 42.0 Å². The first-order chi connectivity index (χ1) is 14.4. The Kier molecular flexibility index (Phi) is 8.81. The summed E-state index contributed by atoms with van der Waals surface area (Å²) >= 11 is 0. The zero-order valence-electron chi connectivity index (χ0n) is 15.7. The summed E-state index contributed by atoms with van der Waals surface area (Å²) in [4.78, 5) is 35.5. The molecule has 2 rings (SSSR count). The van der Waals surface area contributed by atoms with Crippen LogP contribution in [0.15, 0.2) is 53.5 Å². The molecule has 13 heteroatoms. The van der Waals surface area contributed by atoms with E-state index in [0.717, 1.165) is 5.56 Å². The van der Waals surface area contributed by atoms with E-state index in [4.69, 9.17) is 27.1 Å². The van der Waals surface area contributed by atoms with Crippen molar-refractivity contribution in [2.75, 3.05) is 5.32 Å². The summed E-state index contributed by atoms with van der Waals surface area (Å²) in [6.45, 7) is 0.0792. The molecule has 0 saturated carbocycles. The Morgan fingerprint density at radius 1 is 0.968 bits per heavy atom. The number of carboxylic acids is 1. The fourth-order valence-electron chi connectivity index (χ4n) is 1.88. The number of carbonyl (C=O) groups excluding carboxylic acids is 2. The molecule has 0 spiro atoms. The van der Waals surface area contributed by atoms with Gasteiger partial charge in [-0.2, -0.15) is 13.2 Å². The van der Waals surface area contributed by atoms with Crippen molar-refractivity contribution in [2.24, 2.45) is 22.2 Å². The number of nitrogens with zero attached hydrogens (tertiary/aromatic N) is 1. The van der Waals surface area contributed by atoms with Crippen LogP contribution in [0.25, 0.3) is 0 Å². The number of aliphatic imine (C=N–C) groups is 1. The summed E-state index contributed by atoms with van der Waals surface area (Å²) < 4.78 is 36.4. The standard InChI is InChI=1S/C16H17N5O3.C2HF3O2/c17-15(18)21-13-7-3-11(4-8-13)14(22)20-12-5-1-10(2-6-12)9-24-16(19)23;3-2(4,5)1(6)7/h1-8H,9H2,(H2,19,23)(H,20,22)(H4,17,18,21);(H,6,7).